The number of anilines is 2. The van der Waals surface area contributed by atoms with Crippen LogP contribution in [0.5, 0.6) is 0 Å². The Balaban J connectivity index is 2.66. The van der Waals surface area contributed by atoms with Gasteiger partial charge in [0, 0.05) is 23.3 Å². The summed E-state index contributed by atoms with van der Waals surface area (Å²) < 4.78 is 5.09. The molecule has 0 aliphatic heterocycles. The molecule has 0 aliphatic carbocycles. The highest BCUT2D eigenvalue weighted by Gasteiger charge is 2.16. The minimum absolute atomic E-state index is 0.0957. The first-order valence-electron chi connectivity index (χ1n) is 5.39. The van der Waals surface area contributed by atoms with Crippen LogP contribution in [0.2, 0.25) is 10.0 Å². The lowest BCUT2D eigenvalue weighted by Gasteiger charge is -2.13. The molecule has 1 aromatic heterocycles. The van der Waals surface area contributed by atoms with E-state index in [1.807, 2.05) is 0 Å². The molecule has 5 nitrogen and oxygen atoms in total. The van der Waals surface area contributed by atoms with Gasteiger partial charge in [-0.05, 0) is 12.1 Å². The highest BCUT2D eigenvalue weighted by Crippen LogP contribution is 2.35. The Kier molecular flexibility index (Phi) is 4.09. The first kappa shape index (κ1) is 13.9. The third-order valence-electron chi connectivity index (χ3n) is 2.51. The van der Waals surface area contributed by atoms with Crippen molar-refractivity contribution in [1.82, 2.24) is 9.97 Å². The number of benzene rings is 1. The van der Waals surface area contributed by atoms with Crippen LogP contribution >= 0.6 is 23.2 Å². The monoisotopic (exact) mass is 298 g/mol. The Hall–Kier alpha value is -1.56. The van der Waals surface area contributed by atoms with Gasteiger partial charge in [0.1, 0.15) is 5.82 Å². The average molecular weight is 299 g/mol. The minimum Gasteiger partial charge on any atom is -0.383 e. The van der Waals surface area contributed by atoms with Gasteiger partial charge in [-0.2, -0.15) is 4.98 Å². The first-order chi connectivity index (χ1) is 9.02. The van der Waals surface area contributed by atoms with Crippen molar-refractivity contribution in [2.45, 2.75) is 6.61 Å². The zero-order valence-electron chi connectivity index (χ0n) is 10.2. The van der Waals surface area contributed by atoms with E-state index in [1.165, 1.54) is 0 Å². The van der Waals surface area contributed by atoms with E-state index in [2.05, 4.69) is 9.97 Å². The van der Waals surface area contributed by atoms with Crippen molar-refractivity contribution in [2.75, 3.05) is 18.6 Å². The van der Waals surface area contributed by atoms with Crippen molar-refractivity contribution in [3.8, 4) is 11.1 Å². The quantitative estimate of drug-likeness (QED) is 0.910. The summed E-state index contributed by atoms with van der Waals surface area (Å²) in [6.45, 7) is 0.255. The minimum atomic E-state index is 0.0957. The van der Waals surface area contributed by atoms with Gasteiger partial charge in [0.15, 0.2) is 0 Å². The van der Waals surface area contributed by atoms with E-state index in [0.29, 0.717) is 26.9 Å². The third kappa shape index (κ3) is 2.89. The number of hydrogen-bond acceptors (Lipinski definition) is 5. The summed E-state index contributed by atoms with van der Waals surface area (Å²) in [5, 5.41) is 1.00. The van der Waals surface area contributed by atoms with Gasteiger partial charge in [-0.25, -0.2) is 4.98 Å². The van der Waals surface area contributed by atoms with Crippen LogP contribution in [0.4, 0.5) is 11.8 Å². The molecule has 0 atom stereocenters. The molecule has 0 radical (unpaired) electrons. The Morgan fingerprint density at radius 2 is 1.95 bits per heavy atom. The van der Waals surface area contributed by atoms with Crippen LogP contribution in [0.3, 0.4) is 0 Å². The van der Waals surface area contributed by atoms with Crippen LogP contribution in [0.1, 0.15) is 5.69 Å². The number of nitrogens with two attached hydrogens (primary N) is 2. The van der Waals surface area contributed by atoms with E-state index in [1.54, 1.807) is 25.3 Å². The van der Waals surface area contributed by atoms with Crippen molar-refractivity contribution in [3.63, 3.8) is 0 Å². The lowest BCUT2D eigenvalue weighted by molar-refractivity contribution is 0.182. The predicted molar refractivity (Wildman–Crippen MR) is 77.0 cm³/mol. The van der Waals surface area contributed by atoms with E-state index in [0.717, 1.165) is 0 Å². The Morgan fingerprint density at radius 3 is 2.58 bits per heavy atom. The van der Waals surface area contributed by atoms with E-state index < -0.39 is 0 Å². The van der Waals surface area contributed by atoms with Crippen molar-refractivity contribution < 1.29 is 4.74 Å². The highest BCUT2D eigenvalue weighted by atomic mass is 35.5. The Morgan fingerprint density at radius 1 is 1.21 bits per heavy atom. The van der Waals surface area contributed by atoms with Crippen LogP contribution in [-0.2, 0) is 11.3 Å². The van der Waals surface area contributed by atoms with Crippen LogP contribution in [-0.4, -0.2) is 17.1 Å². The molecule has 0 bridgehead atoms. The zero-order chi connectivity index (χ0) is 14.0. The molecular formula is C12H12Cl2N4O. The maximum absolute atomic E-state index is 6.18. The molecule has 0 spiro atoms. The average Bonchev–Trinajstić information content (AvgIpc) is 2.31. The second-order valence-corrected chi connectivity index (χ2v) is 4.69. The Bertz CT molecular complexity index is 619. The molecule has 0 amide bonds. The number of ether oxygens (including phenoxy) is 1. The van der Waals surface area contributed by atoms with Crippen LogP contribution in [0, 0.1) is 0 Å². The number of nitrogens with zero attached hydrogens (tertiary/aromatic N) is 2. The molecule has 0 unspecified atom stereocenters. The number of hydrogen-bond donors (Lipinski definition) is 2. The smallest absolute Gasteiger partial charge is 0.222 e. The molecular weight excluding hydrogens is 287 g/mol. The molecule has 1 heterocycles. The van der Waals surface area contributed by atoms with Crippen molar-refractivity contribution in [3.05, 3.63) is 33.9 Å². The molecule has 0 saturated heterocycles. The molecule has 0 fully saturated rings. The van der Waals surface area contributed by atoms with Gasteiger partial charge in [0.25, 0.3) is 0 Å². The number of aromatic nitrogens is 2. The second-order valence-electron chi connectivity index (χ2n) is 3.85. The normalized spacial score (nSPS) is 10.7. The maximum atomic E-state index is 6.18. The van der Waals surface area contributed by atoms with Crippen LogP contribution < -0.4 is 11.5 Å². The Labute approximate surface area is 120 Å². The van der Waals surface area contributed by atoms with Crippen LogP contribution in [0.15, 0.2) is 18.2 Å². The van der Waals surface area contributed by atoms with Gasteiger partial charge < -0.3 is 16.2 Å². The third-order valence-corrected chi connectivity index (χ3v) is 3.06. The van der Waals surface area contributed by atoms with Gasteiger partial charge in [-0.1, -0.05) is 29.3 Å². The van der Waals surface area contributed by atoms with Gasteiger partial charge in [-0.3, -0.25) is 0 Å². The summed E-state index contributed by atoms with van der Waals surface area (Å²) in [6.07, 6.45) is 0. The van der Waals surface area contributed by atoms with Gasteiger partial charge in [0.2, 0.25) is 5.95 Å². The molecule has 4 N–H and O–H groups in total. The number of methoxy groups -OCH3 is 1. The standard InChI is InChI=1S/C12H12Cl2N4O/c1-19-5-9-10(11(15)18-12(16)17-9)7-3-2-6(13)4-8(7)14/h2-4H,5H2,1H3,(H4,15,16,17,18). The topological polar surface area (TPSA) is 87.0 Å². The highest BCUT2D eigenvalue weighted by molar-refractivity contribution is 6.36. The van der Waals surface area contributed by atoms with E-state index in [9.17, 15) is 0 Å². The maximum Gasteiger partial charge on any atom is 0.222 e. The number of rotatable bonds is 3. The summed E-state index contributed by atoms with van der Waals surface area (Å²) in [7, 11) is 1.56. The fourth-order valence-corrected chi connectivity index (χ4v) is 2.28. The predicted octanol–water partition coefficient (Wildman–Crippen LogP) is 2.76. The van der Waals surface area contributed by atoms with Crippen molar-refractivity contribution >= 4 is 35.0 Å². The summed E-state index contributed by atoms with van der Waals surface area (Å²) in [6, 6.07) is 5.11. The summed E-state index contributed by atoms with van der Waals surface area (Å²) in [5.41, 5.74) is 13.4. The lowest BCUT2D eigenvalue weighted by atomic mass is 10.0. The van der Waals surface area contributed by atoms with Crippen molar-refractivity contribution in [1.29, 1.82) is 0 Å². The van der Waals surface area contributed by atoms with Crippen LogP contribution in [0.25, 0.3) is 11.1 Å². The van der Waals surface area contributed by atoms with Crippen molar-refractivity contribution in [2.24, 2.45) is 0 Å². The van der Waals surface area contributed by atoms with E-state index in [-0.39, 0.29) is 18.4 Å². The van der Waals surface area contributed by atoms with Gasteiger partial charge in [-0.15, -0.1) is 0 Å². The molecule has 7 heteroatoms. The first-order valence-corrected chi connectivity index (χ1v) is 6.14. The summed E-state index contributed by atoms with van der Waals surface area (Å²) >= 11 is 12.1. The number of nitrogen functional groups attached to an aromatic ring is 2. The fraction of sp³-hybridized carbons (Fsp3) is 0.167. The van der Waals surface area contributed by atoms with Gasteiger partial charge in [0.05, 0.1) is 17.3 Å². The molecule has 0 saturated carbocycles. The largest absolute Gasteiger partial charge is 0.383 e. The van der Waals surface area contributed by atoms with Gasteiger partial charge >= 0.3 is 0 Å². The fourth-order valence-electron chi connectivity index (χ4n) is 1.77. The molecule has 100 valence electrons. The lowest BCUT2D eigenvalue weighted by Crippen LogP contribution is -2.07. The molecule has 1 aromatic carbocycles. The summed E-state index contributed by atoms with van der Waals surface area (Å²) in [5.74, 6) is 0.349. The van der Waals surface area contributed by atoms with E-state index >= 15 is 0 Å². The SMILES string of the molecule is COCc1nc(N)nc(N)c1-c1ccc(Cl)cc1Cl. The zero-order valence-corrected chi connectivity index (χ0v) is 11.7. The molecule has 19 heavy (non-hydrogen) atoms. The molecule has 2 aromatic rings. The van der Waals surface area contributed by atoms with E-state index in [4.69, 9.17) is 39.4 Å². The molecule has 0 aliphatic rings. The second kappa shape index (κ2) is 5.61. The summed E-state index contributed by atoms with van der Waals surface area (Å²) in [4.78, 5) is 8.09. The number of halogens is 2. The molecule has 2 rings (SSSR count).